The summed E-state index contributed by atoms with van der Waals surface area (Å²) in [5, 5.41) is 21.3. The van der Waals surface area contributed by atoms with Gasteiger partial charge in [-0.1, -0.05) is 26.2 Å². The average Bonchev–Trinajstić information content (AvgIpc) is 2.63. The molecule has 1 rings (SSSR count). The lowest BCUT2D eigenvalue weighted by molar-refractivity contribution is -0.144. The van der Waals surface area contributed by atoms with Crippen LogP contribution in [-0.4, -0.2) is 51.8 Å². The van der Waals surface area contributed by atoms with Gasteiger partial charge in [-0.3, -0.25) is 0 Å². The highest BCUT2D eigenvalue weighted by Crippen LogP contribution is 2.19. The normalized spacial score (nSPS) is 22.8. The molecule has 0 aliphatic carbocycles. The van der Waals surface area contributed by atoms with Gasteiger partial charge >= 0.3 is 12.0 Å². The number of rotatable bonds is 5. The Labute approximate surface area is 120 Å². The summed E-state index contributed by atoms with van der Waals surface area (Å²) in [5.74, 6) is -1.02. The van der Waals surface area contributed by atoms with Crippen LogP contribution in [0.25, 0.3) is 0 Å². The van der Waals surface area contributed by atoms with Gasteiger partial charge in [0.2, 0.25) is 0 Å². The van der Waals surface area contributed by atoms with Gasteiger partial charge in [0.1, 0.15) is 5.54 Å². The largest absolute Gasteiger partial charge is 0.480 e. The van der Waals surface area contributed by atoms with E-state index in [9.17, 15) is 19.8 Å². The van der Waals surface area contributed by atoms with Crippen molar-refractivity contribution in [2.45, 2.75) is 64.0 Å². The zero-order valence-electron chi connectivity index (χ0n) is 12.4. The fraction of sp³-hybridized carbons (Fsp3) is 0.857. The zero-order chi connectivity index (χ0) is 15.2. The highest BCUT2D eigenvalue weighted by molar-refractivity contribution is 5.86. The number of likely N-dealkylation sites (tertiary alicyclic amines) is 1. The first-order valence-corrected chi connectivity index (χ1v) is 7.37. The number of aliphatic carboxylic acids is 1. The maximum atomic E-state index is 12.4. The second-order valence-corrected chi connectivity index (χ2v) is 5.70. The predicted octanol–water partition coefficient (Wildman–Crippen LogP) is 1.58. The van der Waals surface area contributed by atoms with Gasteiger partial charge in [-0.2, -0.15) is 0 Å². The van der Waals surface area contributed by atoms with Crippen LogP contribution in [0.2, 0.25) is 0 Å². The molecule has 116 valence electrons. The molecule has 1 aliphatic rings. The minimum Gasteiger partial charge on any atom is -0.480 e. The van der Waals surface area contributed by atoms with Gasteiger partial charge in [0.15, 0.2) is 0 Å². The van der Waals surface area contributed by atoms with Gasteiger partial charge < -0.3 is 20.4 Å². The summed E-state index contributed by atoms with van der Waals surface area (Å²) in [5.41, 5.74) is -1.25. The van der Waals surface area contributed by atoms with Crippen LogP contribution in [0.1, 0.15) is 52.4 Å². The Hall–Kier alpha value is -1.30. The lowest BCUT2D eigenvalue weighted by atomic mass is 9.96. The second-order valence-electron chi connectivity index (χ2n) is 5.70. The summed E-state index contributed by atoms with van der Waals surface area (Å²) in [6.45, 7) is 3.90. The molecule has 0 aromatic heterocycles. The van der Waals surface area contributed by atoms with E-state index in [-0.39, 0.29) is 18.7 Å². The van der Waals surface area contributed by atoms with Crippen molar-refractivity contribution in [3.8, 4) is 0 Å². The summed E-state index contributed by atoms with van der Waals surface area (Å²) in [6.07, 6.45) is 4.73. The number of carbonyl (C=O) groups excluding carboxylic acids is 1. The van der Waals surface area contributed by atoms with E-state index >= 15 is 0 Å². The van der Waals surface area contributed by atoms with Crippen LogP contribution >= 0.6 is 0 Å². The third kappa shape index (κ3) is 4.10. The van der Waals surface area contributed by atoms with Crippen molar-refractivity contribution < 1.29 is 19.8 Å². The van der Waals surface area contributed by atoms with Crippen molar-refractivity contribution in [1.29, 1.82) is 0 Å². The van der Waals surface area contributed by atoms with Gasteiger partial charge in [-0.05, 0) is 26.2 Å². The quantitative estimate of drug-likeness (QED) is 0.715. The van der Waals surface area contributed by atoms with E-state index in [1.807, 2.05) is 6.92 Å². The van der Waals surface area contributed by atoms with Crippen molar-refractivity contribution in [1.82, 2.24) is 10.2 Å². The molecule has 3 N–H and O–H groups in total. The number of nitrogens with zero attached hydrogens (tertiary/aromatic N) is 1. The van der Waals surface area contributed by atoms with Crippen LogP contribution in [0.5, 0.6) is 0 Å². The van der Waals surface area contributed by atoms with Gasteiger partial charge in [0.25, 0.3) is 0 Å². The first-order valence-electron chi connectivity index (χ1n) is 7.37. The molecule has 1 saturated heterocycles. The van der Waals surface area contributed by atoms with Crippen LogP contribution < -0.4 is 5.32 Å². The SMILES string of the molecule is CCCC(C)(NC(=O)N1CCCCCC1CO)C(=O)O. The number of hydrogen-bond acceptors (Lipinski definition) is 3. The number of amides is 2. The monoisotopic (exact) mass is 286 g/mol. The molecule has 1 aliphatic heterocycles. The molecule has 1 heterocycles. The maximum absolute atomic E-state index is 12.4. The number of carbonyl (C=O) groups is 2. The Bertz CT molecular complexity index is 348. The van der Waals surface area contributed by atoms with Crippen molar-refractivity contribution in [3.05, 3.63) is 0 Å². The Balaban J connectivity index is 2.78. The molecule has 0 saturated carbocycles. The van der Waals surface area contributed by atoms with Crippen molar-refractivity contribution in [2.75, 3.05) is 13.2 Å². The fourth-order valence-electron chi connectivity index (χ4n) is 2.67. The molecule has 6 heteroatoms. The van der Waals surface area contributed by atoms with E-state index in [0.29, 0.717) is 19.4 Å². The minimum atomic E-state index is -1.25. The maximum Gasteiger partial charge on any atom is 0.329 e. The summed E-state index contributed by atoms with van der Waals surface area (Å²) in [6, 6.07) is -0.596. The van der Waals surface area contributed by atoms with Gasteiger partial charge in [0.05, 0.1) is 12.6 Å². The second kappa shape index (κ2) is 7.47. The predicted molar refractivity (Wildman–Crippen MR) is 75.5 cm³/mol. The molecular formula is C14H26N2O4. The average molecular weight is 286 g/mol. The number of hydrogen-bond donors (Lipinski definition) is 3. The van der Waals surface area contributed by atoms with Crippen LogP contribution in [-0.2, 0) is 4.79 Å². The highest BCUT2D eigenvalue weighted by atomic mass is 16.4. The van der Waals surface area contributed by atoms with Crippen molar-refractivity contribution in [3.63, 3.8) is 0 Å². The van der Waals surface area contributed by atoms with Crippen molar-refractivity contribution in [2.24, 2.45) is 0 Å². The van der Waals surface area contributed by atoms with Crippen LogP contribution in [0.4, 0.5) is 4.79 Å². The molecule has 0 bridgehead atoms. The first kappa shape index (κ1) is 16.8. The molecule has 1 fully saturated rings. The van der Waals surface area contributed by atoms with Crippen LogP contribution in [0, 0.1) is 0 Å². The molecule has 0 aromatic rings. The van der Waals surface area contributed by atoms with E-state index in [0.717, 1.165) is 25.7 Å². The van der Waals surface area contributed by atoms with E-state index in [1.54, 1.807) is 4.90 Å². The van der Waals surface area contributed by atoms with E-state index in [1.165, 1.54) is 6.92 Å². The summed E-state index contributed by atoms with van der Waals surface area (Å²) in [7, 11) is 0. The number of urea groups is 1. The lowest BCUT2D eigenvalue weighted by Crippen LogP contribution is -2.58. The zero-order valence-corrected chi connectivity index (χ0v) is 12.4. The topological polar surface area (TPSA) is 89.9 Å². The number of carboxylic acid groups (broad SMARTS) is 1. The summed E-state index contributed by atoms with van der Waals surface area (Å²) < 4.78 is 0. The van der Waals surface area contributed by atoms with Crippen molar-refractivity contribution >= 4 is 12.0 Å². The Morgan fingerprint density at radius 2 is 2.05 bits per heavy atom. The van der Waals surface area contributed by atoms with E-state index in [2.05, 4.69) is 5.32 Å². The fourth-order valence-corrected chi connectivity index (χ4v) is 2.67. The van der Waals surface area contributed by atoms with Gasteiger partial charge in [-0.25, -0.2) is 9.59 Å². The summed E-state index contributed by atoms with van der Waals surface area (Å²) >= 11 is 0. The standard InChI is InChI=1S/C14H26N2O4/c1-3-8-14(2,12(18)19)15-13(20)16-9-6-4-5-7-11(16)10-17/h11,17H,3-10H2,1-2H3,(H,15,20)(H,18,19). The first-order chi connectivity index (χ1) is 9.44. The molecule has 2 amide bonds. The van der Waals surface area contributed by atoms with E-state index in [4.69, 9.17) is 0 Å². The third-order valence-corrected chi connectivity index (χ3v) is 3.95. The molecule has 0 radical (unpaired) electrons. The Morgan fingerprint density at radius 1 is 1.35 bits per heavy atom. The lowest BCUT2D eigenvalue weighted by Gasteiger charge is -2.33. The van der Waals surface area contributed by atoms with Crippen LogP contribution in [0.15, 0.2) is 0 Å². The molecular weight excluding hydrogens is 260 g/mol. The molecule has 0 aromatic carbocycles. The highest BCUT2D eigenvalue weighted by Gasteiger charge is 2.36. The Kier molecular flexibility index (Phi) is 6.26. The number of aliphatic hydroxyl groups is 1. The molecule has 2 unspecified atom stereocenters. The third-order valence-electron chi connectivity index (χ3n) is 3.95. The summed E-state index contributed by atoms with van der Waals surface area (Å²) in [4.78, 5) is 25.3. The minimum absolute atomic E-state index is 0.0784. The number of aliphatic hydroxyl groups excluding tert-OH is 1. The molecule has 0 spiro atoms. The Morgan fingerprint density at radius 3 is 2.60 bits per heavy atom. The molecule has 2 atom stereocenters. The molecule has 20 heavy (non-hydrogen) atoms. The number of nitrogens with one attached hydrogen (secondary N) is 1. The van der Waals surface area contributed by atoms with Crippen LogP contribution in [0.3, 0.4) is 0 Å². The van der Waals surface area contributed by atoms with Gasteiger partial charge in [-0.15, -0.1) is 0 Å². The molecule has 6 nitrogen and oxygen atoms in total. The smallest absolute Gasteiger partial charge is 0.329 e. The number of carboxylic acids is 1. The van der Waals surface area contributed by atoms with E-state index < -0.39 is 11.5 Å². The van der Waals surface area contributed by atoms with Gasteiger partial charge in [0, 0.05) is 6.54 Å².